The van der Waals surface area contributed by atoms with Gasteiger partial charge in [0.15, 0.2) is 5.11 Å². The first kappa shape index (κ1) is 13.2. The van der Waals surface area contributed by atoms with Crippen LogP contribution in [-0.4, -0.2) is 18.2 Å². The summed E-state index contributed by atoms with van der Waals surface area (Å²) in [5.41, 5.74) is 0.990. The molecule has 3 nitrogen and oxygen atoms in total. The Kier molecular flexibility index (Phi) is 5.76. The molecule has 0 heterocycles. The predicted octanol–water partition coefficient (Wildman–Crippen LogP) is 2.47. The fourth-order valence-corrected chi connectivity index (χ4v) is 1.65. The first-order chi connectivity index (χ1) is 8.29. The molecule has 0 fully saturated rings. The van der Waals surface area contributed by atoms with Crippen LogP contribution >= 0.6 is 12.2 Å². The lowest BCUT2D eigenvalue weighted by Gasteiger charge is -2.24. The third kappa shape index (κ3) is 4.25. The van der Waals surface area contributed by atoms with Crippen molar-refractivity contribution in [2.75, 3.05) is 18.0 Å². The zero-order chi connectivity index (χ0) is 12.5. The molecule has 17 heavy (non-hydrogen) atoms. The molecule has 0 spiro atoms. The molecule has 88 valence electrons. The van der Waals surface area contributed by atoms with Crippen molar-refractivity contribution in [3.8, 4) is 6.07 Å². The summed E-state index contributed by atoms with van der Waals surface area (Å²) in [4.78, 5) is 1.92. The summed E-state index contributed by atoms with van der Waals surface area (Å²) in [6, 6.07) is 11.9. The number of nitrogens with zero attached hydrogens (tertiary/aromatic N) is 2. The van der Waals surface area contributed by atoms with Crippen LogP contribution in [0, 0.1) is 11.3 Å². The number of thiocarbonyl (C=S) groups is 1. The van der Waals surface area contributed by atoms with Gasteiger partial charge in [0.1, 0.15) is 0 Å². The van der Waals surface area contributed by atoms with Crippen molar-refractivity contribution in [3.63, 3.8) is 0 Å². The normalized spacial score (nSPS) is 9.12. The van der Waals surface area contributed by atoms with E-state index in [1.165, 1.54) is 0 Å². The molecule has 1 N–H and O–H groups in total. The lowest BCUT2D eigenvalue weighted by atomic mass is 10.3. The van der Waals surface area contributed by atoms with Crippen molar-refractivity contribution >= 4 is 23.0 Å². The maximum Gasteiger partial charge on any atom is 0.173 e. The lowest BCUT2D eigenvalue weighted by molar-refractivity contribution is 0.929. The molecule has 0 amide bonds. The van der Waals surface area contributed by atoms with Crippen LogP contribution in [0.5, 0.6) is 0 Å². The van der Waals surface area contributed by atoms with E-state index in [2.05, 4.69) is 18.0 Å². The SMILES string of the molecule is C=CCNC(=S)N(CCC#N)c1ccccc1. The van der Waals surface area contributed by atoms with E-state index in [0.29, 0.717) is 24.6 Å². The number of anilines is 1. The van der Waals surface area contributed by atoms with Crippen molar-refractivity contribution in [2.24, 2.45) is 0 Å². The highest BCUT2D eigenvalue weighted by atomic mass is 32.1. The number of nitriles is 1. The molecule has 0 aliphatic rings. The summed E-state index contributed by atoms with van der Waals surface area (Å²) >= 11 is 5.29. The van der Waals surface area contributed by atoms with Crippen molar-refractivity contribution in [3.05, 3.63) is 43.0 Å². The largest absolute Gasteiger partial charge is 0.359 e. The van der Waals surface area contributed by atoms with Crippen molar-refractivity contribution < 1.29 is 0 Å². The molecule has 1 rings (SSSR count). The quantitative estimate of drug-likeness (QED) is 0.639. The molecule has 0 bridgehead atoms. The van der Waals surface area contributed by atoms with E-state index in [-0.39, 0.29) is 0 Å². The number of hydrogen-bond donors (Lipinski definition) is 1. The minimum absolute atomic E-state index is 0.435. The van der Waals surface area contributed by atoms with Gasteiger partial charge in [-0.1, -0.05) is 24.3 Å². The molecule has 0 aromatic heterocycles. The second kappa shape index (κ2) is 7.42. The Morgan fingerprint density at radius 3 is 2.76 bits per heavy atom. The first-order valence-electron chi connectivity index (χ1n) is 5.38. The summed E-state index contributed by atoms with van der Waals surface area (Å²) in [6.07, 6.45) is 2.19. The average molecular weight is 245 g/mol. The summed E-state index contributed by atoms with van der Waals surface area (Å²) in [5, 5.41) is 12.4. The third-order valence-corrected chi connectivity index (χ3v) is 2.52. The highest BCUT2D eigenvalue weighted by Crippen LogP contribution is 2.13. The van der Waals surface area contributed by atoms with Crippen LogP contribution in [0.4, 0.5) is 5.69 Å². The summed E-state index contributed by atoms with van der Waals surface area (Å²) in [6.45, 7) is 4.84. The molecule has 0 unspecified atom stereocenters. The highest BCUT2D eigenvalue weighted by Gasteiger charge is 2.10. The fraction of sp³-hybridized carbons (Fsp3) is 0.231. The van der Waals surface area contributed by atoms with E-state index in [1.54, 1.807) is 6.08 Å². The predicted molar refractivity (Wildman–Crippen MR) is 74.8 cm³/mol. The van der Waals surface area contributed by atoms with E-state index in [4.69, 9.17) is 17.5 Å². The van der Waals surface area contributed by atoms with Crippen LogP contribution in [-0.2, 0) is 0 Å². The van der Waals surface area contributed by atoms with E-state index in [9.17, 15) is 0 Å². The second-order valence-corrected chi connectivity index (χ2v) is 3.76. The zero-order valence-corrected chi connectivity index (χ0v) is 10.4. The van der Waals surface area contributed by atoms with E-state index < -0.39 is 0 Å². The minimum Gasteiger partial charge on any atom is -0.359 e. The van der Waals surface area contributed by atoms with Gasteiger partial charge in [0.25, 0.3) is 0 Å². The Hall–Kier alpha value is -1.86. The van der Waals surface area contributed by atoms with Crippen LogP contribution in [0.2, 0.25) is 0 Å². The van der Waals surface area contributed by atoms with E-state index >= 15 is 0 Å². The Morgan fingerprint density at radius 1 is 1.47 bits per heavy atom. The molecule has 0 saturated heterocycles. The third-order valence-electron chi connectivity index (χ3n) is 2.16. The smallest absolute Gasteiger partial charge is 0.173 e. The van der Waals surface area contributed by atoms with Gasteiger partial charge in [-0.15, -0.1) is 6.58 Å². The molecular weight excluding hydrogens is 230 g/mol. The molecule has 0 saturated carbocycles. The fourth-order valence-electron chi connectivity index (χ4n) is 1.37. The molecule has 1 aromatic rings. The van der Waals surface area contributed by atoms with Crippen LogP contribution < -0.4 is 10.2 Å². The van der Waals surface area contributed by atoms with Gasteiger partial charge in [-0.05, 0) is 24.4 Å². The van der Waals surface area contributed by atoms with Crippen LogP contribution in [0.1, 0.15) is 6.42 Å². The molecule has 1 aromatic carbocycles. The molecule has 0 aliphatic heterocycles. The van der Waals surface area contributed by atoms with Gasteiger partial charge in [-0.25, -0.2) is 0 Å². The van der Waals surface area contributed by atoms with E-state index in [0.717, 1.165) is 5.69 Å². The molecular formula is C13H15N3S. The van der Waals surface area contributed by atoms with Gasteiger partial charge >= 0.3 is 0 Å². The molecule has 4 heteroatoms. The van der Waals surface area contributed by atoms with Gasteiger partial charge in [-0.2, -0.15) is 5.26 Å². The number of para-hydroxylation sites is 1. The van der Waals surface area contributed by atoms with Crippen molar-refractivity contribution in [2.45, 2.75) is 6.42 Å². The van der Waals surface area contributed by atoms with Gasteiger partial charge in [0.05, 0.1) is 12.5 Å². The van der Waals surface area contributed by atoms with Gasteiger partial charge < -0.3 is 10.2 Å². The standard InChI is InChI=1S/C13H15N3S/c1-2-10-15-13(17)16(11-6-9-14)12-7-4-3-5-8-12/h2-5,7-8H,1,6,10-11H2,(H,15,17). The van der Waals surface area contributed by atoms with Gasteiger partial charge in [-0.3, -0.25) is 0 Å². The van der Waals surface area contributed by atoms with Crippen LogP contribution in [0.3, 0.4) is 0 Å². The van der Waals surface area contributed by atoms with Crippen molar-refractivity contribution in [1.29, 1.82) is 5.26 Å². The molecule has 0 aliphatic carbocycles. The summed E-state index contributed by atoms with van der Waals surface area (Å²) in [7, 11) is 0. The summed E-state index contributed by atoms with van der Waals surface area (Å²) in [5.74, 6) is 0. The maximum atomic E-state index is 8.66. The molecule has 0 atom stereocenters. The highest BCUT2D eigenvalue weighted by molar-refractivity contribution is 7.80. The topological polar surface area (TPSA) is 39.1 Å². The van der Waals surface area contributed by atoms with Crippen molar-refractivity contribution in [1.82, 2.24) is 5.32 Å². The Labute approximate surface area is 107 Å². The number of hydrogen-bond acceptors (Lipinski definition) is 2. The Bertz CT molecular complexity index is 408. The monoisotopic (exact) mass is 245 g/mol. The second-order valence-electron chi connectivity index (χ2n) is 3.37. The lowest BCUT2D eigenvalue weighted by Crippen LogP contribution is -2.40. The first-order valence-corrected chi connectivity index (χ1v) is 5.78. The average Bonchev–Trinajstić information content (AvgIpc) is 2.38. The Balaban J connectivity index is 2.77. The van der Waals surface area contributed by atoms with Gasteiger partial charge in [0, 0.05) is 18.8 Å². The van der Waals surface area contributed by atoms with Gasteiger partial charge in [0.2, 0.25) is 0 Å². The summed E-state index contributed by atoms with van der Waals surface area (Å²) < 4.78 is 0. The number of rotatable bonds is 5. The van der Waals surface area contributed by atoms with Crippen LogP contribution in [0.15, 0.2) is 43.0 Å². The Morgan fingerprint density at radius 2 is 2.18 bits per heavy atom. The minimum atomic E-state index is 0.435. The molecule has 0 radical (unpaired) electrons. The maximum absolute atomic E-state index is 8.66. The number of benzene rings is 1. The van der Waals surface area contributed by atoms with E-state index in [1.807, 2.05) is 35.2 Å². The number of nitrogens with one attached hydrogen (secondary N) is 1. The zero-order valence-electron chi connectivity index (χ0n) is 9.60. The van der Waals surface area contributed by atoms with Crippen LogP contribution in [0.25, 0.3) is 0 Å².